The molecule has 2 rings (SSSR count). The van der Waals surface area contributed by atoms with Gasteiger partial charge in [0, 0.05) is 6.42 Å². The quantitative estimate of drug-likeness (QED) is 0.732. The van der Waals surface area contributed by atoms with Gasteiger partial charge < -0.3 is 9.47 Å². The summed E-state index contributed by atoms with van der Waals surface area (Å²) in [6, 6.07) is 15.1. The molecule has 0 N–H and O–H groups in total. The van der Waals surface area contributed by atoms with E-state index in [4.69, 9.17) is 9.47 Å². The van der Waals surface area contributed by atoms with Crippen LogP contribution in [0.5, 0.6) is 5.75 Å². The fourth-order valence-corrected chi connectivity index (χ4v) is 2.38. The Morgan fingerprint density at radius 3 is 2.57 bits per heavy atom. The number of esters is 1. The zero-order valence-corrected chi connectivity index (χ0v) is 13.4. The highest BCUT2D eigenvalue weighted by molar-refractivity contribution is 9.10. The van der Waals surface area contributed by atoms with Crippen LogP contribution < -0.4 is 4.74 Å². The lowest BCUT2D eigenvalue weighted by Gasteiger charge is -2.08. The van der Waals surface area contributed by atoms with Crippen LogP contribution in [-0.2, 0) is 11.2 Å². The van der Waals surface area contributed by atoms with Crippen molar-refractivity contribution in [1.29, 1.82) is 0 Å². The van der Waals surface area contributed by atoms with Crippen LogP contribution in [0.4, 0.5) is 0 Å². The number of ether oxygens (including phenoxy) is 2. The number of rotatable bonds is 6. The lowest BCUT2D eigenvalue weighted by molar-refractivity contribution is 0.0509. The van der Waals surface area contributed by atoms with Crippen LogP contribution >= 0.6 is 15.9 Å². The summed E-state index contributed by atoms with van der Waals surface area (Å²) in [5.41, 5.74) is 1.66. The van der Waals surface area contributed by atoms with E-state index in [1.165, 1.54) is 0 Å². The van der Waals surface area contributed by atoms with Crippen LogP contribution in [0, 0.1) is 0 Å². The number of benzene rings is 2. The third-order valence-electron chi connectivity index (χ3n) is 2.93. The second-order valence-electron chi connectivity index (χ2n) is 4.45. The van der Waals surface area contributed by atoms with E-state index in [0.717, 1.165) is 15.8 Å². The standard InChI is InChI=1S/C17H17BrO3/c1-2-20-16-9-8-14(12-15(16)18)17(19)21-11-10-13-6-4-3-5-7-13/h3-9,12H,2,10-11H2,1H3. The molecule has 0 radical (unpaired) electrons. The summed E-state index contributed by atoms with van der Waals surface area (Å²) < 4.78 is 11.4. The van der Waals surface area contributed by atoms with Gasteiger partial charge in [-0.15, -0.1) is 0 Å². The summed E-state index contributed by atoms with van der Waals surface area (Å²) in [6.07, 6.45) is 0.713. The van der Waals surface area contributed by atoms with Crippen molar-refractivity contribution in [3.63, 3.8) is 0 Å². The molecule has 0 aromatic heterocycles. The monoisotopic (exact) mass is 348 g/mol. The Morgan fingerprint density at radius 2 is 1.90 bits per heavy atom. The van der Waals surface area contributed by atoms with Gasteiger partial charge in [0.2, 0.25) is 0 Å². The zero-order valence-electron chi connectivity index (χ0n) is 11.8. The smallest absolute Gasteiger partial charge is 0.338 e. The molecule has 0 unspecified atom stereocenters. The molecule has 2 aromatic carbocycles. The predicted molar refractivity (Wildman–Crippen MR) is 85.7 cm³/mol. The first-order chi connectivity index (χ1) is 10.2. The summed E-state index contributed by atoms with van der Waals surface area (Å²) in [4.78, 5) is 12.0. The van der Waals surface area contributed by atoms with Crippen molar-refractivity contribution in [2.45, 2.75) is 13.3 Å². The fraction of sp³-hybridized carbons (Fsp3) is 0.235. The van der Waals surface area contributed by atoms with Crippen molar-refractivity contribution in [2.24, 2.45) is 0 Å². The molecule has 0 atom stereocenters. The molecule has 0 amide bonds. The van der Waals surface area contributed by atoms with Crippen molar-refractivity contribution in [2.75, 3.05) is 13.2 Å². The van der Waals surface area contributed by atoms with E-state index in [1.807, 2.05) is 37.3 Å². The van der Waals surface area contributed by atoms with Gasteiger partial charge in [0.25, 0.3) is 0 Å². The van der Waals surface area contributed by atoms with Crippen molar-refractivity contribution < 1.29 is 14.3 Å². The highest BCUT2D eigenvalue weighted by Crippen LogP contribution is 2.26. The Balaban J connectivity index is 1.90. The van der Waals surface area contributed by atoms with Gasteiger partial charge in [-0.25, -0.2) is 4.79 Å². The summed E-state index contributed by atoms with van der Waals surface area (Å²) >= 11 is 3.39. The van der Waals surface area contributed by atoms with E-state index in [1.54, 1.807) is 18.2 Å². The maximum absolute atomic E-state index is 12.0. The Morgan fingerprint density at radius 1 is 1.14 bits per heavy atom. The summed E-state index contributed by atoms with van der Waals surface area (Å²) in [5, 5.41) is 0. The van der Waals surface area contributed by atoms with E-state index in [-0.39, 0.29) is 5.97 Å². The molecule has 0 saturated heterocycles. The van der Waals surface area contributed by atoms with E-state index in [9.17, 15) is 4.79 Å². The second kappa shape index (κ2) is 7.84. The van der Waals surface area contributed by atoms with Gasteiger partial charge >= 0.3 is 5.97 Å². The lowest BCUT2D eigenvalue weighted by Crippen LogP contribution is -2.08. The van der Waals surface area contributed by atoms with Gasteiger partial charge in [0.15, 0.2) is 0 Å². The molecular formula is C17H17BrO3. The molecular weight excluding hydrogens is 332 g/mol. The average Bonchev–Trinajstić information content (AvgIpc) is 2.50. The molecule has 0 bridgehead atoms. The fourth-order valence-electron chi connectivity index (χ4n) is 1.89. The molecule has 0 aliphatic carbocycles. The lowest BCUT2D eigenvalue weighted by atomic mass is 10.2. The second-order valence-corrected chi connectivity index (χ2v) is 5.30. The van der Waals surface area contributed by atoms with Gasteiger partial charge in [0.1, 0.15) is 5.75 Å². The molecule has 110 valence electrons. The minimum absolute atomic E-state index is 0.324. The normalized spacial score (nSPS) is 10.2. The number of carbonyl (C=O) groups is 1. The van der Waals surface area contributed by atoms with Gasteiger partial charge in [0.05, 0.1) is 23.2 Å². The van der Waals surface area contributed by atoms with E-state index < -0.39 is 0 Å². The van der Waals surface area contributed by atoms with Crippen LogP contribution in [-0.4, -0.2) is 19.2 Å². The van der Waals surface area contributed by atoms with Crippen molar-refractivity contribution in [3.8, 4) is 5.75 Å². The molecule has 3 nitrogen and oxygen atoms in total. The Hall–Kier alpha value is -1.81. The number of hydrogen-bond acceptors (Lipinski definition) is 3. The van der Waals surface area contributed by atoms with E-state index in [0.29, 0.717) is 25.2 Å². The molecule has 0 saturated carbocycles. The van der Waals surface area contributed by atoms with Gasteiger partial charge in [-0.2, -0.15) is 0 Å². The highest BCUT2D eigenvalue weighted by Gasteiger charge is 2.10. The minimum Gasteiger partial charge on any atom is -0.493 e. The Labute approximate surface area is 133 Å². The largest absolute Gasteiger partial charge is 0.493 e. The first-order valence-electron chi connectivity index (χ1n) is 6.84. The number of carbonyl (C=O) groups excluding carboxylic acids is 1. The average molecular weight is 349 g/mol. The van der Waals surface area contributed by atoms with Gasteiger partial charge in [-0.05, 0) is 46.6 Å². The zero-order chi connectivity index (χ0) is 15.1. The minimum atomic E-state index is -0.324. The molecule has 0 heterocycles. The van der Waals surface area contributed by atoms with Crippen molar-refractivity contribution >= 4 is 21.9 Å². The highest BCUT2D eigenvalue weighted by atomic mass is 79.9. The van der Waals surface area contributed by atoms with Crippen LogP contribution in [0.2, 0.25) is 0 Å². The molecule has 0 fully saturated rings. The van der Waals surface area contributed by atoms with Crippen LogP contribution in [0.25, 0.3) is 0 Å². The van der Waals surface area contributed by atoms with Crippen molar-refractivity contribution in [3.05, 3.63) is 64.1 Å². The van der Waals surface area contributed by atoms with Gasteiger partial charge in [-0.1, -0.05) is 30.3 Å². The third kappa shape index (κ3) is 4.60. The summed E-state index contributed by atoms with van der Waals surface area (Å²) in [5.74, 6) is 0.396. The maximum Gasteiger partial charge on any atom is 0.338 e. The summed E-state index contributed by atoms with van der Waals surface area (Å²) in [7, 11) is 0. The molecule has 0 aliphatic heterocycles. The molecule has 0 spiro atoms. The molecule has 4 heteroatoms. The Kier molecular flexibility index (Phi) is 5.81. The maximum atomic E-state index is 12.0. The molecule has 0 aliphatic rings. The van der Waals surface area contributed by atoms with E-state index in [2.05, 4.69) is 15.9 Å². The summed E-state index contributed by atoms with van der Waals surface area (Å²) in [6.45, 7) is 2.87. The van der Waals surface area contributed by atoms with Crippen molar-refractivity contribution in [1.82, 2.24) is 0 Å². The first kappa shape index (κ1) is 15.6. The van der Waals surface area contributed by atoms with Gasteiger partial charge in [-0.3, -0.25) is 0 Å². The first-order valence-corrected chi connectivity index (χ1v) is 7.63. The Bertz CT molecular complexity index is 596. The topological polar surface area (TPSA) is 35.5 Å². The third-order valence-corrected chi connectivity index (χ3v) is 3.55. The molecule has 2 aromatic rings. The number of hydrogen-bond donors (Lipinski definition) is 0. The van der Waals surface area contributed by atoms with Crippen LogP contribution in [0.1, 0.15) is 22.8 Å². The predicted octanol–water partition coefficient (Wildman–Crippen LogP) is 4.25. The molecule has 21 heavy (non-hydrogen) atoms. The van der Waals surface area contributed by atoms with E-state index >= 15 is 0 Å². The number of halogens is 1. The SMILES string of the molecule is CCOc1ccc(C(=O)OCCc2ccccc2)cc1Br. The van der Waals surface area contributed by atoms with Crippen LogP contribution in [0.3, 0.4) is 0 Å². The van der Waals surface area contributed by atoms with Crippen LogP contribution in [0.15, 0.2) is 53.0 Å².